The van der Waals surface area contributed by atoms with Crippen molar-refractivity contribution in [1.82, 2.24) is 14.8 Å². The Bertz CT molecular complexity index is 984. The van der Waals surface area contributed by atoms with Gasteiger partial charge in [-0.25, -0.2) is 4.79 Å². The predicted molar refractivity (Wildman–Crippen MR) is 89.6 cm³/mol. The molecule has 1 N–H and O–H groups in total. The molecule has 1 saturated heterocycles. The van der Waals surface area contributed by atoms with Crippen LogP contribution in [-0.4, -0.2) is 21.4 Å². The third-order valence-corrected chi connectivity index (χ3v) is 4.56. The zero-order valence-corrected chi connectivity index (χ0v) is 14.5. The number of urea groups is 1. The summed E-state index contributed by atoms with van der Waals surface area (Å²) in [6.07, 6.45) is -3.20. The second-order valence-electron chi connectivity index (χ2n) is 6.47. The van der Waals surface area contributed by atoms with Crippen molar-refractivity contribution in [1.29, 1.82) is 0 Å². The Morgan fingerprint density at radius 3 is 2.41 bits per heavy atom. The molecule has 0 saturated carbocycles. The molecule has 1 aliphatic rings. The van der Waals surface area contributed by atoms with Gasteiger partial charge in [0.05, 0.1) is 12.1 Å². The summed E-state index contributed by atoms with van der Waals surface area (Å²) in [7, 11) is 1.55. The topological polar surface area (TPSA) is 71.4 Å². The van der Waals surface area contributed by atoms with E-state index in [1.807, 2.05) is 0 Å². The Balaban J connectivity index is 1.98. The first-order chi connectivity index (χ1) is 12.5. The lowest BCUT2D eigenvalue weighted by molar-refractivity contribution is -0.140. The van der Waals surface area contributed by atoms with Crippen LogP contribution in [0.15, 0.2) is 47.4 Å². The molecule has 0 bridgehead atoms. The molecule has 1 atom stereocenters. The molecule has 27 heavy (non-hydrogen) atoms. The third-order valence-electron chi connectivity index (χ3n) is 4.56. The highest BCUT2D eigenvalue weighted by Gasteiger charge is 2.52. The first-order valence-corrected chi connectivity index (χ1v) is 8.00. The third kappa shape index (κ3) is 3.20. The van der Waals surface area contributed by atoms with E-state index in [9.17, 15) is 27.6 Å². The number of nitrogens with zero attached hydrogens (tertiary/aromatic N) is 2. The molecule has 2 aromatic rings. The zero-order valence-electron chi connectivity index (χ0n) is 14.5. The minimum Gasteiger partial charge on any atom is -0.319 e. The molecule has 1 fully saturated rings. The van der Waals surface area contributed by atoms with Crippen molar-refractivity contribution in [2.24, 2.45) is 7.05 Å². The molecule has 2 heterocycles. The lowest BCUT2D eigenvalue weighted by Crippen LogP contribution is -2.42. The number of benzene rings is 1. The highest BCUT2D eigenvalue weighted by molar-refractivity contribution is 6.07. The normalized spacial score (nSPS) is 20.1. The second kappa shape index (κ2) is 6.26. The summed E-state index contributed by atoms with van der Waals surface area (Å²) in [5.74, 6) is -0.815. The SMILES string of the molecule is Cn1ccc(CN2C(=O)NC(C)(c3ccccc3C(F)(F)F)C2=O)cc1=O. The number of aryl methyl sites for hydroxylation is 1. The maximum atomic E-state index is 13.3. The van der Waals surface area contributed by atoms with E-state index in [0.29, 0.717) is 5.56 Å². The average Bonchev–Trinajstić information content (AvgIpc) is 2.81. The molecule has 0 aliphatic carbocycles. The maximum Gasteiger partial charge on any atom is 0.416 e. The van der Waals surface area contributed by atoms with Gasteiger partial charge >= 0.3 is 12.2 Å². The molecule has 0 radical (unpaired) electrons. The molecule has 9 heteroatoms. The smallest absolute Gasteiger partial charge is 0.319 e. The van der Waals surface area contributed by atoms with Gasteiger partial charge in [-0.3, -0.25) is 14.5 Å². The summed E-state index contributed by atoms with van der Waals surface area (Å²) >= 11 is 0. The fourth-order valence-electron chi connectivity index (χ4n) is 3.06. The first-order valence-electron chi connectivity index (χ1n) is 8.00. The van der Waals surface area contributed by atoms with E-state index in [-0.39, 0.29) is 17.7 Å². The molecular weight excluding hydrogens is 363 g/mol. The van der Waals surface area contributed by atoms with Crippen LogP contribution in [0.5, 0.6) is 0 Å². The molecule has 1 unspecified atom stereocenters. The van der Waals surface area contributed by atoms with Gasteiger partial charge in [0.2, 0.25) is 0 Å². The maximum absolute atomic E-state index is 13.3. The number of hydrogen-bond acceptors (Lipinski definition) is 3. The molecule has 0 spiro atoms. The van der Waals surface area contributed by atoms with E-state index in [1.165, 1.54) is 42.0 Å². The number of carbonyl (C=O) groups excluding carboxylic acids is 2. The largest absolute Gasteiger partial charge is 0.416 e. The van der Waals surface area contributed by atoms with Crippen LogP contribution in [0.1, 0.15) is 23.6 Å². The number of hydrogen-bond donors (Lipinski definition) is 1. The van der Waals surface area contributed by atoms with Crippen LogP contribution in [0, 0.1) is 0 Å². The van der Waals surface area contributed by atoms with Crippen LogP contribution < -0.4 is 10.9 Å². The van der Waals surface area contributed by atoms with Crippen LogP contribution >= 0.6 is 0 Å². The molecule has 3 amide bonds. The summed E-state index contributed by atoms with van der Waals surface area (Å²) < 4.78 is 41.4. The van der Waals surface area contributed by atoms with Crippen molar-refractivity contribution in [3.8, 4) is 0 Å². The Morgan fingerprint density at radius 2 is 1.78 bits per heavy atom. The van der Waals surface area contributed by atoms with E-state index < -0.39 is 29.2 Å². The van der Waals surface area contributed by atoms with Crippen molar-refractivity contribution in [2.45, 2.75) is 25.2 Å². The van der Waals surface area contributed by atoms with Crippen molar-refractivity contribution in [3.05, 3.63) is 69.6 Å². The van der Waals surface area contributed by atoms with Gasteiger partial charge in [0.25, 0.3) is 11.5 Å². The summed E-state index contributed by atoms with van der Waals surface area (Å²) in [5.41, 5.74) is -3.11. The number of pyridine rings is 1. The Labute approximate surface area is 152 Å². The van der Waals surface area contributed by atoms with Crippen molar-refractivity contribution < 1.29 is 22.8 Å². The van der Waals surface area contributed by atoms with Crippen molar-refractivity contribution >= 4 is 11.9 Å². The van der Waals surface area contributed by atoms with E-state index in [1.54, 1.807) is 13.1 Å². The number of imide groups is 1. The fraction of sp³-hybridized carbons (Fsp3) is 0.278. The quantitative estimate of drug-likeness (QED) is 0.833. The number of alkyl halides is 3. The zero-order chi connectivity index (χ0) is 20.0. The van der Waals surface area contributed by atoms with Gasteiger partial charge in [0.15, 0.2) is 0 Å². The van der Waals surface area contributed by atoms with Gasteiger partial charge in [0, 0.05) is 19.3 Å². The van der Waals surface area contributed by atoms with E-state index in [0.717, 1.165) is 11.0 Å². The summed E-state index contributed by atoms with van der Waals surface area (Å²) in [6.45, 7) is 1.02. The predicted octanol–water partition coefficient (Wildman–Crippen LogP) is 2.37. The van der Waals surface area contributed by atoms with Crippen molar-refractivity contribution in [2.75, 3.05) is 0 Å². The summed E-state index contributed by atoms with van der Waals surface area (Å²) in [6, 6.07) is 6.63. The Kier molecular flexibility index (Phi) is 4.33. The van der Waals surface area contributed by atoms with Gasteiger partial charge < -0.3 is 9.88 Å². The Morgan fingerprint density at radius 1 is 1.11 bits per heavy atom. The molecule has 1 aromatic heterocycles. The van der Waals surface area contributed by atoms with E-state index >= 15 is 0 Å². The average molecular weight is 379 g/mol. The summed E-state index contributed by atoms with van der Waals surface area (Å²) in [4.78, 5) is 37.7. The summed E-state index contributed by atoms with van der Waals surface area (Å²) in [5, 5.41) is 2.36. The number of aromatic nitrogens is 1. The van der Waals surface area contributed by atoms with E-state index in [4.69, 9.17) is 0 Å². The van der Waals surface area contributed by atoms with Gasteiger partial charge in [-0.15, -0.1) is 0 Å². The van der Waals surface area contributed by atoms with Crippen molar-refractivity contribution in [3.63, 3.8) is 0 Å². The highest BCUT2D eigenvalue weighted by Crippen LogP contribution is 2.39. The fourth-order valence-corrected chi connectivity index (χ4v) is 3.06. The molecule has 3 rings (SSSR count). The lowest BCUT2D eigenvalue weighted by Gasteiger charge is -2.25. The van der Waals surface area contributed by atoms with Crippen LogP contribution in [-0.2, 0) is 30.1 Å². The van der Waals surface area contributed by atoms with Gasteiger partial charge in [-0.1, -0.05) is 18.2 Å². The second-order valence-corrected chi connectivity index (χ2v) is 6.47. The van der Waals surface area contributed by atoms with Gasteiger partial charge in [0.1, 0.15) is 5.54 Å². The van der Waals surface area contributed by atoms with Gasteiger partial charge in [-0.05, 0) is 30.2 Å². The minimum atomic E-state index is -4.68. The highest BCUT2D eigenvalue weighted by atomic mass is 19.4. The number of carbonyl (C=O) groups is 2. The van der Waals surface area contributed by atoms with Crippen LogP contribution in [0.25, 0.3) is 0 Å². The molecule has 142 valence electrons. The number of amides is 3. The van der Waals surface area contributed by atoms with Crippen LogP contribution in [0.2, 0.25) is 0 Å². The molecule has 1 aliphatic heterocycles. The Hall–Kier alpha value is -3.10. The van der Waals surface area contributed by atoms with E-state index in [2.05, 4.69) is 5.32 Å². The molecule has 1 aromatic carbocycles. The number of halogens is 3. The van der Waals surface area contributed by atoms with Crippen LogP contribution in [0.4, 0.5) is 18.0 Å². The lowest BCUT2D eigenvalue weighted by atomic mass is 9.87. The monoisotopic (exact) mass is 379 g/mol. The molecular formula is C18H16F3N3O3. The first kappa shape index (κ1) is 18.7. The number of rotatable bonds is 3. The van der Waals surface area contributed by atoms with Crippen LogP contribution in [0.3, 0.4) is 0 Å². The standard InChI is InChI=1S/C18H16F3N3O3/c1-17(12-5-3-4-6-13(12)18(19,20)21)15(26)24(16(27)22-17)10-11-7-8-23(2)14(25)9-11/h3-9H,10H2,1-2H3,(H,22,27). The number of nitrogens with one attached hydrogen (secondary N) is 1. The molecule has 6 nitrogen and oxygen atoms in total. The van der Waals surface area contributed by atoms with Gasteiger partial charge in [-0.2, -0.15) is 13.2 Å². The minimum absolute atomic E-state index is 0.218.